The molecule has 2 rings (SSSR count). The molecule has 1 saturated heterocycles. The number of carbonyl (C=O) groups excluding carboxylic acids is 1. The van der Waals surface area contributed by atoms with E-state index in [4.69, 9.17) is 0 Å². The van der Waals surface area contributed by atoms with Crippen molar-refractivity contribution < 1.29 is 23.1 Å². The average molecular weight is 359 g/mol. The van der Waals surface area contributed by atoms with Crippen LogP contribution in [0, 0.1) is 0 Å². The molecule has 2 heterocycles. The van der Waals surface area contributed by atoms with Gasteiger partial charge >= 0.3 is 6.18 Å². The van der Waals surface area contributed by atoms with Crippen LogP contribution in [-0.2, 0) is 11.3 Å². The number of halogens is 3. The molecule has 0 aromatic carbocycles. The number of alkyl halides is 3. The van der Waals surface area contributed by atoms with Crippen LogP contribution in [0.4, 0.5) is 19.0 Å². The second kappa shape index (κ2) is 8.03. The molecule has 1 aromatic rings. The number of rotatable bonds is 5. The summed E-state index contributed by atoms with van der Waals surface area (Å²) >= 11 is 0. The Morgan fingerprint density at radius 1 is 1.24 bits per heavy atom. The van der Waals surface area contributed by atoms with Gasteiger partial charge in [-0.1, -0.05) is 18.9 Å². The number of anilines is 1. The maximum atomic E-state index is 12.6. The van der Waals surface area contributed by atoms with Gasteiger partial charge < -0.3 is 15.3 Å². The zero-order valence-electron chi connectivity index (χ0n) is 14.3. The molecule has 0 saturated carbocycles. The fourth-order valence-electron chi connectivity index (χ4n) is 2.68. The molecule has 2 N–H and O–H groups in total. The summed E-state index contributed by atoms with van der Waals surface area (Å²) in [4.78, 5) is 18.2. The molecule has 1 aliphatic rings. The number of nitrogens with zero attached hydrogens (tertiary/aromatic N) is 2. The number of hydrogen-bond donors (Lipinski definition) is 2. The van der Waals surface area contributed by atoms with Gasteiger partial charge in [-0.15, -0.1) is 0 Å². The molecular weight excluding hydrogens is 335 g/mol. The summed E-state index contributed by atoms with van der Waals surface area (Å²) in [6.07, 6.45) is 0.459. The van der Waals surface area contributed by atoms with Gasteiger partial charge in [-0.3, -0.25) is 4.79 Å². The van der Waals surface area contributed by atoms with Gasteiger partial charge in [0.15, 0.2) is 5.60 Å². The zero-order valence-corrected chi connectivity index (χ0v) is 14.3. The van der Waals surface area contributed by atoms with Crippen molar-refractivity contribution in [1.29, 1.82) is 0 Å². The standard InChI is InChI=1S/C17H24F3N3O2/c1-16(25,17(18,19)20)10-15(24)22-12-13-6-7-14(21-11-13)23-8-4-2-3-5-9-23/h6-7,11,25H,2-5,8-10,12H2,1H3,(H,22,24). The molecule has 1 amide bonds. The number of pyridine rings is 1. The van der Waals surface area contributed by atoms with Gasteiger partial charge in [0.25, 0.3) is 0 Å². The third-order valence-corrected chi connectivity index (χ3v) is 4.34. The average Bonchev–Trinajstić information content (AvgIpc) is 2.81. The highest BCUT2D eigenvalue weighted by Gasteiger charge is 2.50. The Labute approximate surface area is 145 Å². The predicted molar refractivity (Wildman–Crippen MR) is 88.1 cm³/mol. The van der Waals surface area contributed by atoms with Crippen LogP contribution in [0.3, 0.4) is 0 Å². The van der Waals surface area contributed by atoms with Gasteiger partial charge in [0.05, 0.1) is 6.42 Å². The van der Waals surface area contributed by atoms with Crippen LogP contribution in [0.5, 0.6) is 0 Å². The lowest BCUT2D eigenvalue weighted by atomic mass is 10.0. The minimum atomic E-state index is -4.85. The largest absolute Gasteiger partial charge is 0.417 e. The summed E-state index contributed by atoms with van der Waals surface area (Å²) in [6, 6.07) is 3.66. The molecule has 25 heavy (non-hydrogen) atoms. The van der Waals surface area contributed by atoms with E-state index in [1.165, 1.54) is 12.8 Å². The zero-order chi connectivity index (χ0) is 18.5. The molecule has 0 aliphatic carbocycles. The van der Waals surface area contributed by atoms with E-state index in [0.29, 0.717) is 12.5 Å². The van der Waals surface area contributed by atoms with Gasteiger partial charge in [-0.05, 0) is 31.4 Å². The smallest absolute Gasteiger partial charge is 0.380 e. The van der Waals surface area contributed by atoms with E-state index in [1.54, 1.807) is 12.3 Å². The van der Waals surface area contributed by atoms with Crippen LogP contribution in [0.2, 0.25) is 0 Å². The topological polar surface area (TPSA) is 65.5 Å². The molecule has 140 valence electrons. The van der Waals surface area contributed by atoms with Crippen LogP contribution >= 0.6 is 0 Å². The second-order valence-corrected chi connectivity index (χ2v) is 6.65. The third-order valence-electron chi connectivity index (χ3n) is 4.34. The number of aliphatic hydroxyl groups is 1. The first-order chi connectivity index (χ1) is 11.7. The minimum Gasteiger partial charge on any atom is -0.380 e. The number of amides is 1. The van der Waals surface area contributed by atoms with Crippen molar-refractivity contribution in [2.75, 3.05) is 18.0 Å². The number of hydrogen-bond acceptors (Lipinski definition) is 4. The maximum Gasteiger partial charge on any atom is 0.417 e. The van der Waals surface area contributed by atoms with Crippen LogP contribution in [0.1, 0.15) is 44.6 Å². The van der Waals surface area contributed by atoms with E-state index in [1.807, 2.05) is 6.07 Å². The van der Waals surface area contributed by atoms with E-state index in [9.17, 15) is 23.1 Å². The third kappa shape index (κ3) is 5.59. The maximum absolute atomic E-state index is 12.6. The summed E-state index contributed by atoms with van der Waals surface area (Å²) in [5, 5.41) is 11.7. The number of aromatic nitrogens is 1. The van der Waals surface area contributed by atoms with E-state index < -0.39 is 24.1 Å². The van der Waals surface area contributed by atoms with Crippen molar-refractivity contribution in [2.24, 2.45) is 0 Å². The van der Waals surface area contributed by atoms with Gasteiger partial charge in [0, 0.05) is 25.8 Å². The van der Waals surface area contributed by atoms with Crippen LogP contribution < -0.4 is 10.2 Å². The van der Waals surface area contributed by atoms with Crippen LogP contribution in [0.15, 0.2) is 18.3 Å². The van der Waals surface area contributed by atoms with Crippen molar-refractivity contribution in [3.05, 3.63) is 23.9 Å². The Morgan fingerprint density at radius 3 is 2.40 bits per heavy atom. The first kappa shape index (κ1) is 19.5. The fraction of sp³-hybridized carbons (Fsp3) is 0.647. The molecule has 1 aliphatic heterocycles. The van der Waals surface area contributed by atoms with Gasteiger partial charge in [-0.25, -0.2) is 4.98 Å². The SMILES string of the molecule is CC(O)(CC(=O)NCc1ccc(N2CCCCCC2)nc1)C(F)(F)F. The summed E-state index contributed by atoms with van der Waals surface area (Å²) in [6.45, 7) is 2.59. The van der Waals surface area contributed by atoms with Gasteiger partial charge in [0.1, 0.15) is 5.82 Å². The molecule has 8 heteroatoms. The van der Waals surface area contributed by atoms with E-state index in [0.717, 1.165) is 31.7 Å². The molecule has 0 radical (unpaired) electrons. The summed E-state index contributed by atoms with van der Waals surface area (Å²) < 4.78 is 37.7. The lowest BCUT2D eigenvalue weighted by Gasteiger charge is -2.25. The van der Waals surface area contributed by atoms with Crippen LogP contribution in [-0.4, -0.2) is 40.9 Å². The van der Waals surface area contributed by atoms with Crippen molar-refractivity contribution in [3.63, 3.8) is 0 Å². The molecule has 1 unspecified atom stereocenters. The molecule has 5 nitrogen and oxygen atoms in total. The molecule has 1 aromatic heterocycles. The molecule has 1 atom stereocenters. The normalized spacial score (nSPS) is 18.4. The Kier molecular flexibility index (Phi) is 6.26. The fourth-order valence-corrected chi connectivity index (χ4v) is 2.68. The lowest BCUT2D eigenvalue weighted by Crippen LogP contribution is -2.46. The van der Waals surface area contributed by atoms with E-state index in [2.05, 4.69) is 15.2 Å². The highest BCUT2D eigenvalue weighted by molar-refractivity contribution is 5.77. The first-order valence-corrected chi connectivity index (χ1v) is 8.45. The van der Waals surface area contributed by atoms with Gasteiger partial charge in [0.2, 0.25) is 5.91 Å². The van der Waals surface area contributed by atoms with Crippen molar-refractivity contribution in [1.82, 2.24) is 10.3 Å². The molecule has 0 spiro atoms. The van der Waals surface area contributed by atoms with Crippen molar-refractivity contribution >= 4 is 11.7 Å². The quantitative estimate of drug-likeness (QED) is 0.849. The number of carbonyl (C=O) groups is 1. The first-order valence-electron chi connectivity index (χ1n) is 8.45. The van der Waals surface area contributed by atoms with E-state index in [-0.39, 0.29) is 6.54 Å². The number of nitrogens with one attached hydrogen (secondary N) is 1. The lowest BCUT2D eigenvalue weighted by molar-refractivity contribution is -0.253. The molecule has 0 bridgehead atoms. The highest BCUT2D eigenvalue weighted by atomic mass is 19.4. The Hall–Kier alpha value is -1.83. The predicted octanol–water partition coefficient (Wildman–Crippen LogP) is 2.78. The van der Waals surface area contributed by atoms with Crippen LogP contribution in [0.25, 0.3) is 0 Å². The summed E-state index contributed by atoms with van der Waals surface area (Å²) in [5.74, 6) is 0.0101. The minimum absolute atomic E-state index is 0.0695. The Morgan fingerprint density at radius 2 is 1.88 bits per heavy atom. The second-order valence-electron chi connectivity index (χ2n) is 6.65. The van der Waals surface area contributed by atoms with E-state index >= 15 is 0 Å². The van der Waals surface area contributed by atoms with Crippen molar-refractivity contribution in [3.8, 4) is 0 Å². The molecular formula is C17H24F3N3O2. The Bertz CT molecular complexity index is 565. The van der Waals surface area contributed by atoms with Crippen molar-refractivity contribution in [2.45, 2.75) is 57.3 Å². The monoisotopic (exact) mass is 359 g/mol. The summed E-state index contributed by atoms with van der Waals surface area (Å²) in [5.41, 5.74) is -2.34. The highest BCUT2D eigenvalue weighted by Crippen LogP contribution is 2.32. The Balaban J connectivity index is 1.86. The summed E-state index contributed by atoms with van der Waals surface area (Å²) in [7, 11) is 0. The van der Waals surface area contributed by atoms with Gasteiger partial charge in [-0.2, -0.15) is 13.2 Å². The molecule has 1 fully saturated rings.